The fourth-order valence-corrected chi connectivity index (χ4v) is 2.28. The summed E-state index contributed by atoms with van der Waals surface area (Å²) in [5, 5.41) is 11.1. The number of carboxylic acid groups (broad SMARTS) is 1. The number of carbonyl (C=O) groups is 1. The molecule has 0 bridgehead atoms. The first-order valence-electron chi connectivity index (χ1n) is 5.36. The average Bonchev–Trinajstić information content (AvgIpc) is 2.66. The molecule has 16 heavy (non-hydrogen) atoms. The molecule has 0 spiro atoms. The number of aliphatic carboxylic acids is 1. The molecule has 3 nitrogen and oxygen atoms in total. The minimum absolute atomic E-state index is 0.577. The average molecular weight is 241 g/mol. The highest BCUT2D eigenvalue weighted by Gasteiger charge is 2.28. The molecule has 0 amide bonds. The molecule has 0 saturated heterocycles. The Morgan fingerprint density at radius 2 is 2.25 bits per heavy atom. The van der Waals surface area contributed by atoms with E-state index in [1.165, 1.54) is 4.88 Å². The van der Waals surface area contributed by atoms with E-state index in [1.54, 1.807) is 25.2 Å². The summed E-state index contributed by atoms with van der Waals surface area (Å²) in [6.07, 6.45) is 0.990. The second-order valence-electron chi connectivity index (χ2n) is 4.76. The van der Waals surface area contributed by atoms with Gasteiger partial charge >= 0.3 is 5.97 Å². The molecule has 0 atom stereocenters. The van der Waals surface area contributed by atoms with Gasteiger partial charge in [0.05, 0.1) is 5.41 Å². The maximum absolute atomic E-state index is 11.0. The predicted octanol–water partition coefficient (Wildman–Crippen LogP) is 2.33. The van der Waals surface area contributed by atoms with E-state index >= 15 is 0 Å². The number of hydrogen-bond acceptors (Lipinski definition) is 3. The molecule has 0 aliphatic carbocycles. The van der Waals surface area contributed by atoms with Gasteiger partial charge in [-0.1, -0.05) is 6.07 Å². The molecule has 0 aliphatic rings. The topological polar surface area (TPSA) is 40.5 Å². The van der Waals surface area contributed by atoms with Gasteiger partial charge in [0.15, 0.2) is 0 Å². The minimum Gasteiger partial charge on any atom is -0.481 e. The van der Waals surface area contributed by atoms with Crippen LogP contribution in [0, 0.1) is 5.41 Å². The Bertz CT molecular complexity index is 333. The third kappa shape index (κ3) is 3.94. The predicted molar refractivity (Wildman–Crippen MR) is 66.9 cm³/mol. The first-order chi connectivity index (χ1) is 7.42. The molecule has 4 heteroatoms. The maximum Gasteiger partial charge on any atom is 0.310 e. The molecule has 0 fully saturated rings. The van der Waals surface area contributed by atoms with E-state index in [0.29, 0.717) is 6.54 Å². The van der Waals surface area contributed by atoms with Crippen molar-refractivity contribution in [2.24, 2.45) is 5.41 Å². The number of rotatable bonds is 6. The van der Waals surface area contributed by atoms with Crippen LogP contribution in [0.4, 0.5) is 0 Å². The van der Waals surface area contributed by atoms with E-state index < -0.39 is 11.4 Å². The van der Waals surface area contributed by atoms with Crippen molar-refractivity contribution >= 4 is 17.3 Å². The summed E-state index contributed by atoms with van der Waals surface area (Å²) in [7, 11) is 1.97. The number of thiophene rings is 1. The van der Waals surface area contributed by atoms with Crippen LogP contribution in [0.5, 0.6) is 0 Å². The Labute approximate surface area is 101 Å². The summed E-state index contributed by atoms with van der Waals surface area (Å²) in [6.45, 7) is 5.00. The van der Waals surface area contributed by atoms with Gasteiger partial charge in [-0.05, 0) is 38.8 Å². The Hall–Kier alpha value is -0.870. The van der Waals surface area contributed by atoms with Crippen LogP contribution in [0.3, 0.4) is 0 Å². The fraction of sp³-hybridized carbons (Fsp3) is 0.583. The fourth-order valence-electron chi connectivity index (χ4n) is 1.58. The largest absolute Gasteiger partial charge is 0.481 e. The smallest absolute Gasteiger partial charge is 0.310 e. The Kier molecular flexibility index (Phi) is 4.50. The zero-order valence-electron chi connectivity index (χ0n) is 10.1. The summed E-state index contributed by atoms with van der Waals surface area (Å²) in [6, 6.07) is 4.15. The lowest BCUT2D eigenvalue weighted by Crippen LogP contribution is -2.38. The minimum atomic E-state index is -0.740. The van der Waals surface area contributed by atoms with Gasteiger partial charge in [0.1, 0.15) is 0 Å². The van der Waals surface area contributed by atoms with E-state index in [4.69, 9.17) is 5.11 Å². The Morgan fingerprint density at radius 3 is 2.75 bits per heavy atom. The van der Waals surface area contributed by atoms with E-state index in [-0.39, 0.29) is 0 Å². The number of carboxylic acids is 1. The molecule has 0 radical (unpaired) electrons. The Balaban J connectivity index is 2.36. The maximum atomic E-state index is 11.0. The Morgan fingerprint density at radius 1 is 1.56 bits per heavy atom. The zero-order valence-corrected chi connectivity index (χ0v) is 10.9. The van der Waals surface area contributed by atoms with Gasteiger partial charge in [-0.25, -0.2) is 0 Å². The first kappa shape index (κ1) is 13.2. The highest BCUT2D eigenvalue weighted by atomic mass is 32.1. The molecule has 0 saturated carbocycles. The lowest BCUT2D eigenvalue weighted by molar-refractivity contribution is -0.147. The quantitative estimate of drug-likeness (QED) is 0.831. The zero-order chi connectivity index (χ0) is 12.2. The van der Waals surface area contributed by atoms with Crippen LogP contribution in [-0.4, -0.2) is 36.1 Å². The summed E-state index contributed by atoms with van der Waals surface area (Å²) in [5.41, 5.74) is -0.676. The first-order valence-corrected chi connectivity index (χ1v) is 6.24. The van der Waals surface area contributed by atoms with Crippen molar-refractivity contribution in [2.75, 3.05) is 20.1 Å². The molecular formula is C12H19NO2S. The number of nitrogens with zero attached hydrogens (tertiary/aromatic N) is 1. The van der Waals surface area contributed by atoms with E-state index in [0.717, 1.165) is 13.0 Å². The third-order valence-electron chi connectivity index (χ3n) is 2.56. The standard InChI is InChI=1S/C12H19NO2S/c1-12(2,11(14)15)9-13(3)7-6-10-5-4-8-16-10/h4-5,8H,6-7,9H2,1-3H3,(H,14,15). The van der Waals surface area contributed by atoms with Gasteiger partial charge < -0.3 is 10.0 Å². The third-order valence-corrected chi connectivity index (χ3v) is 3.50. The van der Waals surface area contributed by atoms with Crippen molar-refractivity contribution in [3.63, 3.8) is 0 Å². The van der Waals surface area contributed by atoms with Crippen LogP contribution in [0.25, 0.3) is 0 Å². The van der Waals surface area contributed by atoms with E-state index in [9.17, 15) is 4.79 Å². The molecule has 0 aromatic carbocycles. The van der Waals surface area contributed by atoms with E-state index in [2.05, 4.69) is 16.3 Å². The summed E-state index contributed by atoms with van der Waals surface area (Å²) in [5.74, 6) is -0.740. The van der Waals surface area contributed by atoms with Crippen LogP contribution < -0.4 is 0 Å². The number of likely N-dealkylation sites (N-methyl/N-ethyl adjacent to an activating group) is 1. The monoisotopic (exact) mass is 241 g/mol. The van der Waals surface area contributed by atoms with Crippen molar-refractivity contribution in [3.8, 4) is 0 Å². The van der Waals surface area contributed by atoms with Gasteiger partial charge in [-0.15, -0.1) is 11.3 Å². The van der Waals surface area contributed by atoms with Crippen molar-refractivity contribution in [3.05, 3.63) is 22.4 Å². The van der Waals surface area contributed by atoms with Crippen molar-refractivity contribution in [1.82, 2.24) is 4.90 Å². The summed E-state index contributed by atoms with van der Waals surface area (Å²) >= 11 is 1.75. The van der Waals surface area contributed by atoms with Crippen LogP contribution in [0.1, 0.15) is 18.7 Å². The lowest BCUT2D eigenvalue weighted by Gasteiger charge is -2.26. The molecule has 1 aromatic rings. The number of hydrogen-bond donors (Lipinski definition) is 1. The second kappa shape index (κ2) is 5.46. The van der Waals surface area contributed by atoms with Crippen LogP contribution in [0.2, 0.25) is 0 Å². The molecule has 1 N–H and O–H groups in total. The van der Waals surface area contributed by atoms with Gasteiger partial charge in [-0.2, -0.15) is 0 Å². The lowest BCUT2D eigenvalue weighted by atomic mass is 9.93. The molecule has 90 valence electrons. The molecule has 1 aromatic heterocycles. The van der Waals surface area contributed by atoms with Crippen molar-refractivity contribution < 1.29 is 9.90 Å². The summed E-state index contributed by atoms with van der Waals surface area (Å²) < 4.78 is 0. The van der Waals surface area contributed by atoms with Gasteiger partial charge in [0, 0.05) is 18.0 Å². The van der Waals surface area contributed by atoms with E-state index in [1.807, 2.05) is 13.1 Å². The van der Waals surface area contributed by atoms with Gasteiger partial charge in [-0.3, -0.25) is 4.79 Å². The molecule has 1 rings (SSSR count). The van der Waals surface area contributed by atoms with Crippen molar-refractivity contribution in [1.29, 1.82) is 0 Å². The van der Waals surface area contributed by atoms with Crippen molar-refractivity contribution in [2.45, 2.75) is 20.3 Å². The van der Waals surface area contributed by atoms with Crippen LogP contribution in [0.15, 0.2) is 17.5 Å². The highest BCUT2D eigenvalue weighted by Crippen LogP contribution is 2.17. The molecule has 1 heterocycles. The van der Waals surface area contributed by atoms with Gasteiger partial charge in [0.25, 0.3) is 0 Å². The molecule has 0 unspecified atom stereocenters. The molecular weight excluding hydrogens is 222 g/mol. The second-order valence-corrected chi connectivity index (χ2v) is 5.79. The normalized spacial score (nSPS) is 12.0. The van der Waals surface area contributed by atoms with Crippen LogP contribution >= 0.6 is 11.3 Å². The SMILES string of the molecule is CN(CCc1cccs1)CC(C)(C)C(=O)O. The van der Waals surface area contributed by atoms with Gasteiger partial charge in [0.2, 0.25) is 0 Å². The summed E-state index contributed by atoms with van der Waals surface area (Å²) in [4.78, 5) is 14.4. The molecule has 0 aliphatic heterocycles. The highest BCUT2D eigenvalue weighted by molar-refractivity contribution is 7.09. The van der Waals surface area contributed by atoms with Crippen LogP contribution in [-0.2, 0) is 11.2 Å².